The van der Waals surface area contributed by atoms with Crippen LogP contribution >= 0.6 is 0 Å². The van der Waals surface area contributed by atoms with Crippen LogP contribution in [0.2, 0.25) is 0 Å². The predicted molar refractivity (Wildman–Crippen MR) is 92.7 cm³/mol. The van der Waals surface area contributed by atoms with Gasteiger partial charge in [-0.2, -0.15) is 0 Å². The number of rotatable bonds is 3. The highest BCUT2D eigenvalue weighted by atomic mass is 19.1. The number of hydrogen-bond donors (Lipinski definition) is 1. The van der Waals surface area contributed by atoms with E-state index in [1.54, 1.807) is 34.2 Å². The van der Waals surface area contributed by atoms with Gasteiger partial charge in [0, 0.05) is 38.1 Å². The van der Waals surface area contributed by atoms with Gasteiger partial charge in [-0.1, -0.05) is 12.1 Å². The number of aryl methyl sites for hydroxylation is 1. The van der Waals surface area contributed by atoms with Crippen LogP contribution in [0, 0.1) is 12.7 Å². The molecule has 5 nitrogen and oxygen atoms in total. The zero-order valence-corrected chi connectivity index (χ0v) is 14.3. The van der Waals surface area contributed by atoms with Crippen molar-refractivity contribution in [2.24, 2.45) is 0 Å². The molecule has 2 aromatic rings. The van der Waals surface area contributed by atoms with E-state index in [-0.39, 0.29) is 24.1 Å². The lowest BCUT2D eigenvalue weighted by atomic mass is 10.1. The normalized spacial score (nSPS) is 15.1. The summed E-state index contributed by atoms with van der Waals surface area (Å²) >= 11 is 0. The zero-order chi connectivity index (χ0) is 17.8. The number of aromatic amines is 1. The van der Waals surface area contributed by atoms with E-state index in [4.69, 9.17) is 0 Å². The summed E-state index contributed by atoms with van der Waals surface area (Å²) < 4.78 is 13.0. The van der Waals surface area contributed by atoms with Crippen molar-refractivity contribution < 1.29 is 14.0 Å². The highest BCUT2D eigenvalue weighted by Gasteiger charge is 2.23. The van der Waals surface area contributed by atoms with Gasteiger partial charge in [0.2, 0.25) is 5.91 Å². The molecule has 25 heavy (non-hydrogen) atoms. The smallest absolute Gasteiger partial charge is 0.255 e. The summed E-state index contributed by atoms with van der Waals surface area (Å²) in [5, 5.41) is 0. The highest BCUT2D eigenvalue weighted by Crippen LogP contribution is 2.13. The van der Waals surface area contributed by atoms with Gasteiger partial charge in [0.1, 0.15) is 5.82 Å². The summed E-state index contributed by atoms with van der Waals surface area (Å²) in [5.41, 5.74) is 2.34. The second-order valence-corrected chi connectivity index (χ2v) is 6.35. The third-order valence-corrected chi connectivity index (χ3v) is 4.59. The Kier molecular flexibility index (Phi) is 5.16. The van der Waals surface area contributed by atoms with Crippen molar-refractivity contribution >= 4 is 11.8 Å². The van der Waals surface area contributed by atoms with E-state index in [1.165, 1.54) is 12.1 Å². The minimum Gasteiger partial charge on any atom is -0.365 e. The van der Waals surface area contributed by atoms with Crippen molar-refractivity contribution in [1.82, 2.24) is 14.8 Å². The Bertz CT molecular complexity index is 754. The first-order valence-electron chi connectivity index (χ1n) is 8.50. The van der Waals surface area contributed by atoms with Gasteiger partial charge < -0.3 is 14.8 Å². The zero-order valence-electron chi connectivity index (χ0n) is 14.3. The van der Waals surface area contributed by atoms with Crippen LogP contribution in [0.3, 0.4) is 0 Å². The van der Waals surface area contributed by atoms with Crippen LogP contribution in [-0.2, 0) is 11.2 Å². The Morgan fingerprint density at radius 2 is 1.72 bits per heavy atom. The van der Waals surface area contributed by atoms with Crippen LogP contribution in [0.15, 0.2) is 36.5 Å². The van der Waals surface area contributed by atoms with Gasteiger partial charge in [-0.25, -0.2) is 4.39 Å². The van der Waals surface area contributed by atoms with E-state index in [9.17, 15) is 14.0 Å². The molecule has 1 saturated heterocycles. The molecule has 1 fully saturated rings. The molecule has 0 radical (unpaired) electrons. The lowest BCUT2D eigenvalue weighted by Gasteiger charge is -2.22. The summed E-state index contributed by atoms with van der Waals surface area (Å²) in [6.45, 7) is 4.21. The monoisotopic (exact) mass is 343 g/mol. The number of amides is 2. The molecule has 0 bridgehead atoms. The van der Waals surface area contributed by atoms with Gasteiger partial charge >= 0.3 is 0 Å². The predicted octanol–water partition coefficient (Wildman–Crippen LogP) is 2.38. The minimum absolute atomic E-state index is 0.00610. The van der Waals surface area contributed by atoms with E-state index in [1.807, 2.05) is 6.92 Å². The van der Waals surface area contributed by atoms with Gasteiger partial charge in [0.15, 0.2) is 0 Å². The number of benzene rings is 1. The van der Waals surface area contributed by atoms with Crippen LogP contribution in [0.25, 0.3) is 0 Å². The molecule has 0 unspecified atom stereocenters. The molecule has 0 spiro atoms. The van der Waals surface area contributed by atoms with Crippen molar-refractivity contribution in [2.75, 3.05) is 26.2 Å². The van der Waals surface area contributed by atoms with Crippen molar-refractivity contribution in [1.29, 1.82) is 0 Å². The van der Waals surface area contributed by atoms with E-state index >= 15 is 0 Å². The van der Waals surface area contributed by atoms with Gasteiger partial charge in [0.25, 0.3) is 5.91 Å². The first-order chi connectivity index (χ1) is 12.0. The molecule has 1 aliphatic rings. The fraction of sp³-hybridized carbons (Fsp3) is 0.368. The molecule has 132 valence electrons. The number of halogens is 1. The van der Waals surface area contributed by atoms with Crippen LogP contribution in [0.1, 0.15) is 28.0 Å². The third kappa shape index (κ3) is 4.07. The first kappa shape index (κ1) is 17.2. The largest absolute Gasteiger partial charge is 0.365 e. The molecule has 1 aliphatic heterocycles. The molecule has 3 rings (SSSR count). The van der Waals surface area contributed by atoms with Crippen molar-refractivity contribution in [2.45, 2.75) is 19.8 Å². The van der Waals surface area contributed by atoms with Gasteiger partial charge in [-0.15, -0.1) is 0 Å². The number of nitrogens with zero attached hydrogens (tertiary/aromatic N) is 2. The average Bonchev–Trinajstić information content (AvgIpc) is 2.88. The SMILES string of the molecule is Cc1[nH]ccc1C(=O)N1CCCN(C(=O)Cc2ccc(F)cc2)CC1. The Morgan fingerprint density at radius 3 is 2.40 bits per heavy atom. The van der Waals surface area contributed by atoms with Gasteiger partial charge in [0.05, 0.1) is 12.0 Å². The lowest BCUT2D eigenvalue weighted by Crippen LogP contribution is -2.38. The second kappa shape index (κ2) is 7.51. The molecular weight excluding hydrogens is 321 g/mol. The number of carbonyl (C=O) groups excluding carboxylic acids is 2. The van der Waals surface area contributed by atoms with E-state index in [0.29, 0.717) is 31.7 Å². The Morgan fingerprint density at radius 1 is 1.04 bits per heavy atom. The first-order valence-corrected chi connectivity index (χ1v) is 8.50. The summed E-state index contributed by atoms with van der Waals surface area (Å²) in [5.74, 6) is -0.287. The van der Waals surface area contributed by atoms with Gasteiger partial charge in [-0.3, -0.25) is 9.59 Å². The van der Waals surface area contributed by atoms with Crippen molar-refractivity contribution in [3.8, 4) is 0 Å². The summed E-state index contributed by atoms with van der Waals surface area (Å²) in [4.78, 5) is 31.7. The second-order valence-electron chi connectivity index (χ2n) is 6.35. The minimum atomic E-state index is -0.305. The maximum atomic E-state index is 13.0. The van der Waals surface area contributed by atoms with Crippen LogP contribution in [-0.4, -0.2) is 52.8 Å². The van der Waals surface area contributed by atoms with Crippen LogP contribution < -0.4 is 0 Å². The fourth-order valence-electron chi connectivity index (χ4n) is 3.11. The summed E-state index contributed by atoms with van der Waals surface area (Å²) in [6, 6.07) is 7.79. The number of nitrogens with one attached hydrogen (secondary N) is 1. The third-order valence-electron chi connectivity index (χ3n) is 4.59. The molecular formula is C19H22FN3O2. The molecule has 2 heterocycles. The lowest BCUT2D eigenvalue weighted by molar-refractivity contribution is -0.130. The van der Waals surface area contributed by atoms with E-state index in [2.05, 4.69) is 4.98 Å². The molecule has 0 atom stereocenters. The van der Waals surface area contributed by atoms with Gasteiger partial charge in [-0.05, 0) is 37.1 Å². The maximum absolute atomic E-state index is 13.0. The molecule has 0 aliphatic carbocycles. The Labute approximate surface area is 146 Å². The molecule has 0 saturated carbocycles. The Hall–Kier alpha value is -2.63. The molecule has 1 aromatic heterocycles. The maximum Gasteiger partial charge on any atom is 0.255 e. The fourth-order valence-corrected chi connectivity index (χ4v) is 3.11. The number of H-pyrrole nitrogens is 1. The van der Waals surface area contributed by atoms with E-state index < -0.39 is 0 Å². The van der Waals surface area contributed by atoms with Crippen molar-refractivity contribution in [3.05, 3.63) is 59.2 Å². The van der Waals surface area contributed by atoms with Crippen LogP contribution in [0.4, 0.5) is 4.39 Å². The average molecular weight is 343 g/mol. The number of hydrogen-bond acceptors (Lipinski definition) is 2. The topological polar surface area (TPSA) is 56.4 Å². The van der Waals surface area contributed by atoms with Crippen LogP contribution in [0.5, 0.6) is 0 Å². The van der Waals surface area contributed by atoms with Crippen molar-refractivity contribution in [3.63, 3.8) is 0 Å². The van der Waals surface area contributed by atoms with E-state index in [0.717, 1.165) is 17.7 Å². The standard InChI is InChI=1S/C19H22FN3O2/c1-14-17(7-8-21-14)19(25)23-10-2-9-22(11-12-23)18(24)13-15-3-5-16(20)6-4-15/h3-8,21H,2,9-13H2,1H3. The quantitative estimate of drug-likeness (QED) is 0.930. The number of aromatic nitrogens is 1. The molecule has 1 N–H and O–H groups in total. The molecule has 1 aromatic carbocycles. The highest BCUT2D eigenvalue weighted by molar-refractivity contribution is 5.95. The molecule has 6 heteroatoms. The summed E-state index contributed by atoms with van der Waals surface area (Å²) in [7, 11) is 0. The Balaban J connectivity index is 1.59. The number of carbonyl (C=O) groups is 2. The summed E-state index contributed by atoms with van der Waals surface area (Å²) in [6.07, 6.45) is 2.77. The molecule has 2 amide bonds.